The summed E-state index contributed by atoms with van der Waals surface area (Å²) in [6.07, 6.45) is 1.48. The molecule has 0 aliphatic heterocycles. The summed E-state index contributed by atoms with van der Waals surface area (Å²) in [5.74, 6) is 0.472. The van der Waals surface area contributed by atoms with Crippen LogP contribution in [0.5, 0.6) is 5.75 Å². The van der Waals surface area contributed by atoms with Gasteiger partial charge in [0, 0.05) is 6.54 Å². The average Bonchev–Trinajstić information content (AvgIpc) is 2.84. The van der Waals surface area contributed by atoms with E-state index in [-0.39, 0.29) is 17.2 Å². The fourth-order valence-corrected chi connectivity index (χ4v) is 2.00. The molecule has 112 valence electrons. The minimum absolute atomic E-state index is 0.0119. The summed E-state index contributed by atoms with van der Waals surface area (Å²) >= 11 is 5.81. The quantitative estimate of drug-likeness (QED) is 0.887. The van der Waals surface area contributed by atoms with Crippen LogP contribution in [0.15, 0.2) is 24.5 Å². The summed E-state index contributed by atoms with van der Waals surface area (Å²) in [7, 11) is 0. The minimum Gasteiger partial charge on any atom is -0.486 e. The number of carboxylic acid groups (broad SMARTS) is 1. The van der Waals surface area contributed by atoms with Gasteiger partial charge >= 0.3 is 5.97 Å². The average molecular weight is 310 g/mol. The van der Waals surface area contributed by atoms with E-state index in [0.29, 0.717) is 17.5 Å². The van der Waals surface area contributed by atoms with Gasteiger partial charge < -0.3 is 9.84 Å². The van der Waals surface area contributed by atoms with Gasteiger partial charge in [-0.25, -0.2) is 14.5 Å². The van der Waals surface area contributed by atoms with Gasteiger partial charge in [-0.05, 0) is 24.1 Å². The molecule has 1 aromatic heterocycles. The second-order valence-corrected chi connectivity index (χ2v) is 5.39. The molecule has 1 aromatic carbocycles. The highest BCUT2D eigenvalue weighted by molar-refractivity contribution is 6.33. The molecule has 0 aliphatic carbocycles. The summed E-state index contributed by atoms with van der Waals surface area (Å²) in [5, 5.41) is 13.3. The van der Waals surface area contributed by atoms with Gasteiger partial charge in [0.05, 0.1) is 10.6 Å². The lowest BCUT2D eigenvalue weighted by molar-refractivity contribution is 0.0696. The normalized spacial score (nSPS) is 10.9. The van der Waals surface area contributed by atoms with Crippen LogP contribution in [0, 0.1) is 5.92 Å². The number of halogens is 1. The molecule has 1 N–H and O–H groups in total. The molecule has 0 fully saturated rings. The Morgan fingerprint density at radius 3 is 2.90 bits per heavy atom. The molecule has 0 amide bonds. The predicted octanol–water partition coefficient (Wildman–Crippen LogP) is 2.86. The Bertz CT molecular complexity index is 640. The summed E-state index contributed by atoms with van der Waals surface area (Å²) in [6, 6.07) is 4.52. The SMILES string of the molecule is CC(C)Cn1ncnc1COc1ccc(Cl)c(C(=O)O)c1. The first-order chi connectivity index (χ1) is 9.97. The van der Waals surface area contributed by atoms with Crippen LogP contribution in [0.25, 0.3) is 0 Å². The maximum absolute atomic E-state index is 11.0. The van der Waals surface area contributed by atoms with Crippen molar-refractivity contribution in [3.8, 4) is 5.75 Å². The van der Waals surface area contributed by atoms with Crippen LogP contribution >= 0.6 is 11.6 Å². The van der Waals surface area contributed by atoms with E-state index >= 15 is 0 Å². The smallest absolute Gasteiger partial charge is 0.337 e. The number of nitrogens with zero attached hydrogens (tertiary/aromatic N) is 3. The number of aromatic nitrogens is 3. The standard InChI is InChI=1S/C14H16ClN3O3/c1-9(2)6-18-13(16-8-17-18)7-21-10-3-4-12(15)11(5-10)14(19)20/h3-5,8-9H,6-7H2,1-2H3,(H,19,20). The number of ether oxygens (including phenoxy) is 1. The molecular weight excluding hydrogens is 294 g/mol. The van der Waals surface area contributed by atoms with Crippen LogP contribution in [0.2, 0.25) is 5.02 Å². The highest BCUT2D eigenvalue weighted by Gasteiger charge is 2.11. The van der Waals surface area contributed by atoms with Gasteiger partial charge in [-0.15, -0.1) is 0 Å². The third kappa shape index (κ3) is 3.95. The van der Waals surface area contributed by atoms with E-state index in [9.17, 15) is 4.79 Å². The summed E-state index contributed by atoms with van der Waals surface area (Å²) in [4.78, 5) is 15.2. The first-order valence-electron chi connectivity index (χ1n) is 6.49. The number of rotatable bonds is 6. The molecule has 1 heterocycles. The lowest BCUT2D eigenvalue weighted by Crippen LogP contribution is -2.12. The summed E-state index contributed by atoms with van der Waals surface area (Å²) in [6.45, 7) is 5.14. The highest BCUT2D eigenvalue weighted by Crippen LogP contribution is 2.22. The van der Waals surface area contributed by atoms with Crippen molar-refractivity contribution in [2.75, 3.05) is 0 Å². The van der Waals surface area contributed by atoms with E-state index in [1.165, 1.54) is 18.5 Å². The molecule has 2 rings (SSSR count). The van der Waals surface area contributed by atoms with E-state index in [0.717, 1.165) is 6.54 Å². The van der Waals surface area contributed by atoms with E-state index in [1.807, 2.05) is 0 Å². The molecule has 0 aliphatic rings. The molecule has 21 heavy (non-hydrogen) atoms. The minimum atomic E-state index is -1.09. The number of hydrogen-bond acceptors (Lipinski definition) is 4. The van der Waals surface area contributed by atoms with Crippen molar-refractivity contribution in [2.45, 2.75) is 27.0 Å². The van der Waals surface area contributed by atoms with Crippen LogP contribution in [0.1, 0.15) is 30.0 Å². The molecule has 6 nitrogen and oxygen atoms in total. The van der Waals surface area contributed by atoms with Crippen LogP contribution in [0.3, 0.4) is 0 Å². The zero-order chi connectivity index (χ0) is 15.4. The number of carbonyl (C=O) groups is 1. The van der Waals surface area contributed by atoms with E-state index in [2.05, 4.69) is 23.9 Å². The van der Waals surface area contributed by atoms with Crippen molar-refractivity contribution in [3.63, 3.8) is 0 Å². The van der Waals surface area contributed by atoms with E-state index in [1.54, 1.807) is 10.7 Å². The Hall–Kier alpha value is -2.08. The van der Waals surface area contributed by atoms with Crippen LogP contribution in [-0.2, 0) is 13.2 Å². The van der Waals surface area contributed by atoms with Gasteiger partial charge in [-0.2, -0.15) is 5.10 Å². The van der Waals surface area contributed by atoms with Gasteiger partial charge in [-0.3, -0.25) is 0 Å². The predicted molar refractivity (Wildman–Crippen MR) is 77.6 cm³/mol. The molecule has 0 atom stereocenters. The number of benzene rings is 1. The van der Waals surface area contributed by atoms with Gasteiger partial charge in [0.1, 0.15) is 18.7 Å². The third-order valence-corrected chi connectivity index (χ3v) is 3.10. The van der Waals surface area contributed by atoms with Crippen LogP contribution in [-0.4, -0.2) is 25.8 Å². The monoisotopic (exact) mass is 309 g/mol. The Morgan fingerprint density at radius 2 is 2.24 bits per heavy atom. The Labute approximate surface area is 127 Å². The summed E-state index contributed by atoms with van der Waals surface area (Å²) < 4.78 is 7.35. The molecule has 0 bridgehead atoms. The third-order valence-electron chi connectivity index (χ3n) is 2.77. The topological polar surface area (TPSA) is 77.2 Å². The summed E-state index contributed by atoms with van der Waals surface area (Å²) in [5.41, 5.74) is 0.0119. The number of aromatic carboxylic acids is 1. The van der Waals surface area contributed by atoms with Gasteiger partial charge in [0.25, 0.3) is 0 Å². The van der Waals surface area contributed by atoms with E-state index < -0.39 is 5.97 Å². The molecular formula is C14H16ClN3O3. The zero-order valence-electron chi connectivity index (χ0n) is 11.8. The largest absolute Gasteiger partial charge is 0.486 e. The Balaban J connectivity index is 2.08. The number of carboxylic acids is 1. The fraction of sp³-hybridized carbons (Fsp3) is 0.357. The van der Waals surface area contributed by atoms with Crippen molar-refractivity contribution in [1.82, 2.24) is 14.8 Å². The lowest BCUT2D eigenvalue weighted by atomic mass is 10.2. The first kappa shape index (κ1) is 15.3. The molecule has 0 unspecified atom stereocenters. The second kappa shape index (κ2) is 6.58. The van der Waals surface area contributed by atoms with Crippen molar-refractivity contribution in [2.24, 2.45) is 5.92 Å². The second-order valence-electron chi connectivity index (χ2n) is 4.99. The fourth-order valence-electron chi connectivity index (χ4n) is 1.80. The van der Waals surface area contributed by atoms with Gasteiger partial charge in [0.2, 0.25) is 0 Å². The molecule has 0 saturated heterocycles. The first-order valence-corrected chi connectivity index (χ1v) is 6.87. The molecule has 7 heteroatoms. The van der Waals surface area contributed by atoms with Gasteiger partial charge in [-0.1, -0.05) is 25.4 Å². The Morgan fingerprint density at radius 1 is 1.48 bits per heavy atom. The number of hydrogen-bond donors (Lipinski definition) is 1. The molecule has 0 radical (unpaired) electrons. The zero-order valence-corrected chi connectivity index (χ0v) is 12.5. The van der Waals surface area contributed by atoms with Crippen molar-refractivity contribution >= 4 is 17.6 Å². The maximum atomic E-state index is 11.0. The molecule has 0 spiro atoms. The van der Waals surface area contributed by atoms with Crippen molar-refractivity contribution < 1.29 is 14.6 Å². The highest BCUT2D eigenvalue weighted by atomic mass is 35.5. The molecule has 0 saturated carbocycles. The van der Waals surface area contributed by atoms with Crippen LogP contribution < -0.4 is 4.74 Å². The van der Waals surface area contributed by atoms with E-state index in [4.69, 9.17) is 21.4 Å². The van der Waals surface area contributed by atoms with Crippen LogP contribution in [0.4, 0.5) is 0 Å². The lowest BCUT2D eigenvalue weighted by Gasteiger charge is -2.10. The van der Waals surface area contributed by atoms with Crippen molar-refractivity contribution in [1.29, 1.82) is 0 Å². The maximum Gasteiger partial charge on any atom is 0.337 e. The van der Waals surface area contributed by atoms with Gasteiger partial charge in [0.15, 0.2) is 5.82 Å². The van der Waals surface area contributed by atoms with Crippen molar-refractivity contribution in [3.05, 3.63) is 40.9 Å². The molecule has 2 aromatic rings. The Kier molecular flexibility index (Phi) is 4.80.